The lowest BCUT2D eigenvalue weighted by Crippen LogP contribution is -2.69. The number of nitrogens with zero attached hydrogens (tertiary/aromatic N) is 1. The number of rotatable bonds is 0. The Hall–Kier alpha value is -0.340. The van der Waals surface area contributed by atoms with Crippen molar-refractivity contribution in [1.29, 1.82) is 0 Å². The molecule has 0 bridgehead atoms. The molecular formula is C13H21NO. The van der Waals surface area contributed by atoms with Crippen molar-refractivity contribution in [2.24, 2.45) is 11.8 Å². The van der Waals surface area contributed by atoms with E-state index in [0.717, 1.165) is 25.0 Å². The Morgan fingerprint density at radius 1 is 1.40 bits per heavy atom. The molecule has 2 heteroatoms. The second kappa shape index (κ2) is 3.33. The van der Waals surface area contributed by atoms with Gasteiger partial charge in [0.2, 0.25) is 0 Å². The first-order valence-corrected chi connectivity index (χ1v) is 6.20. The van der Waals surface area contributed by atoms with Crippen LogP contribution in [0.3, 0.4) is 0 Å². The molecule has 2 heterocycles. The Balaban J connectivity index is 1.91. The number of hydrogen-bond donors (Lipinski definition) is 0. The second-order valence-electron chi connectivity index (χ2n) is 5.55. The van der Waals surface area contributed by atoms with Crippen LogP contribution in [0.4, 0.5) is 0 Å². The van der Waals surface area contributed by atoms with Crippen molar-refractivity contribution in [3.63, 3.8) is 0 Å². The molecule has 1 spiro atoms. The van der Waals surface area contributed by atoms with Crippen LogP contribution in [0, 0.1) is 11.8 Å². The van der Waals surface area contributed by atoms with Crippen LogP contribution >= 0.6 is 0 Å². The number of piperidine rings is 1. The third-order valence-corrected chi connectivity index (χ3v) is 4.94. The number of ether oxygens (including phenoxy) is 1. The van der Waals surface area contributed by atoms with Crippen LogP contribution in [0.25, 0.3) is 0 Å². The maximum absolute atomic E-state index is 5.51. The average Bonchev–Trinajstić information content (AvgIpc) is 2.15. The van der Waals surface area contributed by atoms with Crippen LogP contribution in [-0.2, 0) is 4.74 Å². The molecule has 2 fully saturated rings. The van der Waals surface area contributed by atoms with Gasteiger partial charge < -0.3 is 4.74 Å². The lowest BCUT2D eigenvalue weighted by atomic mass is 9.63. The minimum atomic E-state index is 0.401. The molecule has 0 aromatic rings. The van der Waals surface area contributed by atoms with Gasteiger partial charge in [0.25, 0.3) is 0 Å². The van der Waals surface area contributed by atoms with Gasteiger partial charge in [-0.2, -0.15) is 0 Å². The van der Waals surface area contributed by atoms with Gasteiger partial charge >= 0.3 is 0 Å². The summed E-state index contributed by atoms with van der Waals surface area (Å²) in [7, 11) is 2.28. The zero-order chi connectivity index (χ0) is 10.5. The van der Waals surface area contributed by atoms with Crippen molar-refractivity contribution in [2.75, 3.05) is 26.8 Å². The molecule has 0 amide bonds. The molecule has 2 saturated heterocycles. The van der Waals surface area contributed by atoms with Gasteiger partial charge in [0.05, 0.1) is 18.8 Å². The summed E-state index contributed by atoms with van der Waals surface area (Å²) in [5.41, 5.74) is 2.05. The zero-order valence-corrected chi connectivity index (χ0v) is 9.83. The summed E-state index contributed by atoms with van der Waals surface area (Å²) in [5, 5.41) is 0. The van der Waals surface area contributed by atoms with Crippen LogP contribution in [0.5, 0.6) is 0 Å². The minimum Gasteiger partial charge on any atom is -0.377 e. The van der Waals surface area contributed by atoms with E-state index in [1.165, 1.54) is 25.8 Å². The Bertz CT molecular complexity index is 293. The molecule has 2 aliphatic heterocycles. The van der Waals surface area contributed by atoms with Crippen molar-refractivity contribution in [1.82, 2.24) is 4.90 Å². The first kappa shape index (κ1) is 9.86. The molecule has 0 N–H and O–H groups in total. The van der Waals surface area contributed by atoms with Gasteiger partial charge in [-0.1, -0.05) is 11.6 Å². The van der Waals surface area contributed by atoms with Gasteiger partial charge in [-0.15, -0.1) is 0 Å². The van der Waals surface area contributed by atoms with Crippen LogP contribution in [0.15, 0.2) is 11.6 Å². The molecule has 0 aromatic heterocycles. The van der Waals surface area contributed by atoms with Crippen molar-refractivity contribution in [2.45, 2.75) is 31.7 Å². The summed E-state index contributed by atoms with van der Waals surface area (Å²) < 4.78 is 5.51. The normalized spacial score (nSPS) is 39.5. The van der Waals surface area contributed by atoms with Crippen LogP contribution in [0.1, 0.15) is 26.2 Å². The third kappa shape index (κ3) is 1.24. The van der Waals surface area contributed by atoms with Crippen molar-refractivity contribution in [3.8, 4) is 0 Å². The summed E-state index contributed by atoms with van der Waals surface area (Å²) >= 11 is 0. The molecule has 15 heavy (non-hydrogen) atoms. The largest absolute Gasteiger partial charge is 0.377 e. The van der Waals surface area contributed by atoms with E-state index in [0.29, 0.717) is 5.54 Å². The lowest BCUT2D eigenvalue weighted by molar-refractivity contribution is -0.188. The Kier molecular flexibility index (Phi) is 2.18. The fourth-order valence-electron chi connectivity index (χ4n) is 3.82. The molecule has 0 saturated carbocycles. The van der Waals surface area contributed by atoms with Gasteiger partial charge in [-0.25, -0.2) is 0 Å². The van der Waals surface area contributed by atoms with E-state index in [2.05, 4.69) is 24.9 Å². The number of likely N-dealkylation sites (tertiary alicyclic amines) is 1. The highest BCUT2D eigenvalue weighted by Crippen LogP contribution is 2.48. The first-order valence-electron chi connectivity index (χ1n) is 6.20. The predicted octanol–water partition coefficient (Wildman–Crippen LogP) is 2.06. The zero-order valence-electron chi connectivity index (χ0n) is 9.83. The van der Waals surface area contributed by atoms with Gasteiger partial charge in [-0.3, -0.25) is 4.90 Å². The fourth-order valence-corrected chi connectivity index (χ4v) is 3.82. The molecule has 3 rings (SSSR count). The maximum Gasteiger partial charge on any atom is 0.0710 e. The molecule has 0 radical (unpaired) electrons. The molecule has 2 atom stereocenters. The van der Waals surface area contributed by atoms with Crippen molar-refractivity contribution < 1.29 is 4.74 Å². The average molecular weight is 207 g/mol. The van der Waals surface area contributed by atoms with Crippen LogP contribution in [-0.4, -0.2) is 37.2 Å². The standard InChI is InChI=1S/C13H21NO/c1-10-4-3-5-12-11(10)6-7-14(2)13(12)8-15-9-13/h4,11-12H,3,5-9H2,1-2H3. The fraction of sp³-hybridized carbons (Fsp3) is 0.846. The topological polar surface area (TPSA) is 12.5 Å². The van der Waals surface area contributed by atoms with E-state index >= 15 is 0 Å². The maximum atomic E-state index is 5.51. The van der Waals surface area contributed by atoms with Crippen LogP contribution < -0.4 is 0 Å². The molecule has 1 aliphatic carbocycles. The summed E-state index contributed by atoms with van der Waals surface area (Å²) in [6.45, 7) is 5.51. The number of allylic oxidation sites excluding steroid dienone is 2. The van der Waals surface area contributed by atoms with Crippen molar-refractivity contribution >= 4 is 0 Å². The molecule has 84 valence electrons. The third-order valence-electron chi connectivity index (χ3n) is 4.94. The van der Waals surface area contributed by atoms with E-state index in [-0.39, 0.29) is 0 Å². The highest BCUT2D eigenvalue weighted by atomic mass is 16.5. The van der Waals surface area contributed by atoms with E-state index < -0.39 is 0 Å². The van der Waals surface area contributed by atoms with E-state index in [1.807, 2.05) is 0 Å². The van der Waals surface area contributed by atoms with E-state index in [9.17, 15) is 0 Å². The summed E-state index contributed by atoms with van der Waals surface area (Å²) in [6, 6.07) is 0. The Labute approximate surface area is 92.3 Å². The molecule has 3 aliphatic rings. The number of fused-ring (bicyclic) bond motifs is 2. The quantitative estimate of drug-likeness (QED) is 0.564. The number of likely N-dealkylation sites (N-methyl/N-ethyl adjacent to an activating group) is 1. The SMILES string of the molecule is CC1=CCCC2C1CCN(C)C21COC1. The Morgan fingerprint density at radius 2 is 2.20 bits per heavy atom. The summed E-state index contributed by atoms with van der Waals surface area (Å²) in [5.74, 6) is 1.70. The highest BCUT2D eigenvalue weighted by molar-refractivity contribution is 5.18. The van der Waals surface area contributed by atoms with Crippen molar-refractivity contribution in [3.05, 3.63) is 11.6 Å². The lowest BCUT2D eigenvalue weighted by Gasteiger charge is -2.59. The minimum absolute atomic E-state index is 0.401. The van der Waals surface area contributed by atoms with Gasteiger partial charge in [-0.05, 0) is 51.6 Å². The van der Waals surface area contributed by atoms with Gasteiger partial charge in [0.15, 0.2) is 0 Å². The Morgan fingerprint density at radius 3 is 2.87 bits per heavy atom. The second-order valence-corrected chi connectivity index (χ2v) is 5.55. The molecule has 2 nitrogen and oxygen atoms in total. The molecule has 0 aromatic carbocycles. The van der Waals surface area contributed by atoms with Gasteiger partial charge in [0.1, 0.15) is 0 Å². The summed E-state index contributed by atoms with van der Waals surface area (Å²) in [4.78, 5) is 2.57. The highest BCUT2D eigenvalue weighted by Gasteiger charge is 2.54. The summed E-state index contributed by atoms with van der Waals surface area (Å²) in [6.07, 6.45) is 6.46. The smallest absolute Gasteiger partial charge is 0.0710 e. The van der Waals surface area contributed by atoms with E-state index in [1.54, 1.807) is 5.57 Å². The monoisotopic (exact) mass is 207 g/mol. The molecular weight excluding hydrogens is 186 g/mol. The predicted molar refractivity (Wildman–Crippen MR) is 60.8 cm³/mol. The van der Waals surface area contributed by atoms with E-state index in [4.69, 9.17) is 4.74 Å². The van der Waals surface area contributed by atoms with Crippen LogP contribution in [0.2, 0.25) is 0 Å². The molecule has 2 unspecified atom stereocenters. The number of hydrogen-bond acceptors (Lipinski definition) is 2. The van der Waals surface area contributed by atoms with Gasteiger partial charge in [0, 0.05) is 0 Å². The first-order chi connectivity index (χ1) is 7.24.